The molecular formula is C28H33ClFN3O3. The van der Waals surface area contributed by atoms with Crippen molar-refractivity contribution in [2.75, 3.05) is 33.4 Å². The van der Waals surface area contributed by atoms with Crippen molar-refractivity contribution in [3.05, 3.63) is 94.5 Å². The molecule has 1 heterocycles. The molecule has 192 valence electrons. The SMILES string of the molecule is COCCN(CC(=O)N(Cc1cccn1Cc1ccccc1Cl)CC(C)C)C(=O)c1ccccc1F. The highest BCUT2D eigenvalue weighted by Crippen LogP contribution is 2.19. The Labute approximate surface area is 217 Å². The van der Waals surface area contributed by atoms with Crippen LogP contribution in [0.1, 0.15) is 35.5 Å². The Hall–Kier alpha value is -3.16. The molecule has 36 heavy (non-hydrogen) atoms. The standard InChI is InChI=1S/C28H33ClFN3O3/c1-21(2)17-33(19-23-10-8-14-31(23)18-22-9-4-6-12-25(22)29)27(34)20-32(15-16-36-3)28(35)24-11-5-7-13-26(24)30/h4-14,21H,15-20H2,1-3H3. The van der Waals surface area contributed by atoms with E-state index in [2.05, 4.69) is 4.57 Å². The fourth-order valence-electron chi connectivity index (χ4n) is 3.97. The summed E-state index contributed by atoms with van der Waals surface area (Å²) in [6.45, 7) is 5.78. The zero-order valence-electron chi connectivity index (χ0n) is 21.0. The van der Waals surface area contributed by atoms with Crippen LogP contribution in [-0.4, -0.2) is 59.5 Å². The molecule has 0 unspecified atom stereocenters. The van der Waals surface area contributed by atoms with Crippen LogP contribution in [0.25, 0.3) is 0 Å². The van der Waals surface area contributed by atoms with Gasteiger partial charge < -0.3 is 19.1 Å². The molecule has 0 atom stereocenters. The molecule has 0 saturated carbocycles. The lowest BCUT2D eigenvalue weighted by Gasteiger charge is -2.29. The first kappa shape index (κ1) is 27.4. The maximum Gasteiger partial charge on any atom is 0.257 e. The van der Waals surface area contributed by atoms with Crippen molar-refractivity contribution in [1.82, 2.24) is 14.4 Å². The minimum atomic E-state index is -0.617. The summed E-state index contributed by atoms with van der Waals surface area (Å²) in [6.07, 6.45) is 1.96. The van der Waals surface area contributed by atoms with E-state index in [1.54, 1.807) is 11.0 Å². The Balaban J connectivity index is 1.79. The van der Waals surface area contributed by atoms with E-state index in [0.717, 1.165) is 11.3 Å². The predicted octanol–water partition coefficient (Wildman–Crippen LogP) is 5.10. The van der Waals surface area contributed by atoms with Gasteiger partial charge in [0.25, 0.3) is 5.91 Å². The van der Waals surface area contributed by atoms with E-state index in [0.29, 0.717) is 24.7 Å². The Kier molecular flexibility index (Phi) is 10.1. The second-order valence-electron chi connectivity index (χ2n) is 9.09. The van der Waals surface area contributed by atoms with Crippen molar-refractivity contribution in [1.29, 1.82) is 0 Å². The van der Waals surface area contributed by atoms with Crippen LogP contribution in [0, 0.1) is 11.7 Å². The number of ether oxygens (including phenoxy) is 1. The largest absolute Gasteiger partial charge is 0.383 e. The van der Waals surface area contributed by atoms with E-state index in [4.69, 9.17) is 16.3 Å². The number of hydrogen-bond acceptors (Lipinski definition) is 3. The quantitative estimate of drug-likeness (QED) is 0.338. The van der Waals surface area contributed by atoms with Gasteiger partial charge >= 0.3 is 0 Å². The molecule has 6 nitrogen and oxygen atoms in total. The van der Waals surface area contributed by atoms with Gasteiger partial charge in [0.1, 0.15) is 12.4 Å². The molecular weight excluding hydrogens is 481 g/mol. The van der Waals surface area contributed by atoms with Gasteiger partial charge in [0, 0.05) is 43.7 Å². The first-order valence-electron chi connectivity index (χ1n) is 12.0. The van der Waals surface area contributed by atoms with Crippen LogP contribution in [0.2, 0.25) is 5.02 Å². The molecule has 0 radical (unpaired) electrons. The van der Waals surface area contributed by atoms with Crippen LogP contribution >= 0.6 is 11.6 Å². The molecule has 0 spiro atoms. The molecule has 2 aromatic carbocycles. The van der Waals surface area contributed by atoms with E-state index in [1.807, 2.05) is 56.4 Å². The number of aromatic nitrogens is 1. The summed E-state index contributed by atoms with van der Waals surface area (Å²) in [5.41, 5.74) is 1.87. The maximum absolute atomic E-state index is 14.3. The molecule has 0 bridgehead atoms. The van der Waals surface area contributed by atoms with Crippen LogP contribution in [0.4, 0.5) is 4.39 Å². The molecule has 3 aromatic rings. The summed E-state index contributed by atoms with van der Waals surface area (Å²) in [5, 5.41) is 0.688. The Morgan fingerprint density at radius 1 is 1.03 bits per heavy atom. The number of methoxy groups -OCH3 is 1. The Morgan fingerprint density at radius 3 is 2.44 bits per heavy atom. The van der Waals surface area contributed by atoms with Gasteiger partial charge in [-0.2, -0.15) is 0 Å². The molecule has 0 fully saturated rings. The lowest BCUT2D eigenvalue weighted by atomic mass is 10.1. The highest BCUT2D eigenvalue weighted by molar-refractivity contribution is 6.31. The molecule has 0 saturated heterocycles. The summed E-state index contributed by atoms with van der Waals surface area (Å²) >= 11 is 6.36. The zero-order chi connectivity index (χ0) is 26.1. The summed E-state index contributed by atoms with van der Waals surface area (Å²) in [7, 11) is 1.52. The number of hydrogen-bond donors (Lipinski definition) is 0. The molecule has 0 N–H and O–H groups in total. The summed E-state index contributed by atoms with van der Waals surface area (Å²) in [6, 6.07) is 17.4. The first-order chi connectivity index (χ1) is 17.3. The molecule has 2 amide bonds. The highest BCUT2D eigenvalue weighted by atomic mass is 35.5. The Bertz CT molecular complexity index is 1160. The molecule has 1 aromatic heterocycles. The van der Waals surface area contributed by atoms with Gasteiger partial charge in [0.05, 0.1) is 18.7 Å². The fraction of sp³-hybridized carbons (Fsp3) is 0.357. The maximum atomic E-state index is 14.3. The van der Waals surface area contributed by atoms with Crippen LogP contribution in [0.3, 0.4) is 0 Å². The molecule has 0 aliphatic rings. The van der Waals surface area contributed by atoms with Gasteiger partial charge in [-0.05, 0) is 41.8 Å². The van der Waals surface area contributed by atoms with Crippen molar-refractivity contribution in [3.63, 3.8) is 0 Å². The summed E-state index contributed by atoms with van der Waals surface area (Å²) in [5.74, 6) is -1.15. The number of rotatable bonds is 12. The molecule has 0 aliphatic heterocycles. The normalized spacial score (nSPS) is 11.1. The monoisotopic (exact) mass is 513 g/mol. The van der Waals surface area contributed by atoms with Crippen molar-refractivity contribution in [3.8, 4) is 0 Å². The fourth-order valence-corrected chi connectivity index (χ4v) is 4.17. The van der Waals surface area contributed by atoms with Crippen LogP contribution < -0.4 is 0 Å². The highest BCUT2D eigenvalue weighted by Gasteiger charge is 2.25. The topological polar surface area (TPSA) is 54.8 Å². The predicted molar refractivity (Wildman–Crippen MR) is 139 cm³/mol. The number of carbonyl (C=O) groups excluding carboxylic acids is 2. The lowest BCUT2D eigenvalue weighted by molar-refractivity contribution is -0.133. The Morgan fingerprint density at radius 2 is 1.75 bits per heavy atom. The average molecular weight is 514 g/mol. The third kappa shape index (κ3) is 7.42. The minimum absolute atomic E-state index is 0.0644. The number of carbonyl (C=O) groups is 2. The lowest BCUT2D eigenvalue weighted by Crippen LogP contribution is -2.45. The van der Waals surface area contributed by atoms with E-state index in [-0.39, 0.29) is 37.1 Å². The zero-order valence-corrected chi connectivity index (χ0v) is 21.7. The second-order valence-corrected chi connectivity index (χ2v) is 9.49. The number of amides is 2. The summed E-state index contributed by atoms with van der Waals surface area (Å²) in [4.78, 5) is 29.7. The number of halogens is 2. The van der Waals surface area contributed by atoms with Crippen LogP contribution in [0.5, 0.6) is 0 Å². The van der Waals surface area contributed by atoms with Crippen LogP contribution in [-0.2, 0) is 22.6 Å². The average Bonchev–Trinajstić information content (AvgIpc) is 3.28. The minimum Gasteiger partial charge on any atom is -0.383 e. The van der Waals surface area contributed by atoms with E-state index in [9.17, 15) is 14.0 Å². The third-order valence-electron chi connectivity index (χ3n) is 5.80. The molecule has 8 heteroatoms. The number of nitrogens with zero attached hydrogens (tertiary/aromatic N) is 3. The van der Waals surface area contributed by atoms with Crippen molar-refractivity contribution < 1.29 is 18.7 Å². The van der Waals surface area contributed by atoms with E-state index in [1.165, 1.54) is 30.2 Å². The van der Waals surface area contributed by atoms with Crippen molar-refractivity contribution in [2.45, 2.75) is 26.9 Å². The van der Waals surface area contributed by atoms with E-state index >= 15 is 0 Å². The van der Waals surface area contributed by atoms with Gasteiger partial charge in [-0.25, -0.2) is 4.39 Å². The first-order valence-corrected chi connectivity index (χ1v) is 12.4. The van der Waals surface area contributed by atoms with Crippen LogP contribution in [0.15, 0.2) is 66.9 Å². The van der Waals surface area contributed by atoms with Crippen molar-refractivity contribution >= 4 is 23.4 Å². The van der Waals surface area contributed by atoms with Gasteiger partial charge in [0.2, 0.25) is 5.91 Å². The van der Waals surface area contributed by atoms with Gasteiger partial charge in [-0.15, -0.1) is 0 Å². The van der Waals surface area contributed by atoms with Gasteiger partial charge in [0.15, 0.2) is 0 Å². The third-order valence-corrected chi connectivity index (χ3v) is 6.16. The molecule has 0 aliphatic carbocycles. The summed E-state index contributed by atoms with van der Waals surface area (Å²) < 4.78 is 21.5. The number of benzene rings is 2. The second kappa shape index (κ2) is 13.2. The van der Waals surface area contributed by atoms with Crippen molar-refractivity contribution in [2.24, 2.45) is 5.92 Å². The van der Waals surface area contributed by atoms with Gasteiger partial charge in [-0.1, -0.05) is 55.8 Å². The smallest absolute Gasteiger partial charge is 0.257 e. The van der Waals surface area contributed by atoms with E-state index < -0.39 is 11.7 Å². The van der Waals surface area contributed by atoms with Gasteiger partial charge in [-0.3, -0.25) is 9.59 Å². The molecule has 3 rings (SSSR count).